The minimum Gasteiger partial charge on any atom is -0.494 e. The van der Waals surface area contributed by atoms with Crippen LogP contribution in [-0.2, 0) is 0 Å². The smallest absolute Gasteiger partial charge is 0.172 e. The van der Waals surface area contributed by atoms with Crippen molar-refractivity contribution in [3.63, 3.8) is 0 Å². The van der Waals surface area contributed by atoms with Crippen molar-refractivity contribution in [2.24, 2.45) is 0 Å². The molecule has 1 N–H and O–H groups in total. The Kier molecular flexibility index (Phi) is 7.63. The van der Waals surface area contributed by atoms with Gasteiger partial charge in [-0.1, -0.05) is 59.5 Å². The zero-order chi connectivity index (χ0) is 25.9. The van der Waals surface area contributed by atoms with Crippen LogP contribution < -0.4 is 14.8 Å². The van der Waals surface area contributed by atoms with E-state index >= 15 is 4.39 Å². The highest BCUT2D eigenvalue weighted by atomic mass is 35.5. The average molecular weight is 519 g/mol. The third-order valence-electron chi connectivity index (χ3n) is 7.04. The molecular formula is C31H32ClFN2O2. The van der Waals surface area contributed by atoms with Crippen LogP contribution in [-0.4, -0.2) is 31.3 Å². The molecule has 2 heterocycles. The number of ether oxygens (including phenoxy) is 2. The summed E-state index contributed by atoms with van der Waals surface area (Å²) >= 11 is 6.67. The van der Waals surface area contributed by atoms with E-state index in [9.17, 15) is 0 Å². The Balaban J connectivity index is 1.64. The molecule has 6 heteroatoms. The molecule has 1 fully saturated rings. The molecule has 0 saturated carbocycles. The summed E-state index contributed by atoms with van der Waals surface area (Å²) in [5.41, 5.74) is 5.95. The van der Waals surface area contributed by atoms with E-state index in [-0.39, 0.29) is 5.75 Å². The highest BCUT2D eigenvalue weighted by Gasteiger charge is 2.20. The van der Waals surface area contributed by atoms with Gasteiger partial charge in [0.15, 0.2) is 11.6 Å². The first-order valence-electron chi connectivity index (χ1n) is 12.8. The lowest BCUT2D eigenvalue weighted by molar-refractivity contribution is 0.271. The molecule has 3 aromatic carbocycles. The number of pyridine rings is 1. The Morgan fingerprint density at radius 1 is 1.03 bits per heavy atom. The van der Waals surface area contributed by atoms with Crippen molar-refractivity contribution in [3.05, 3.63) is 76.7 Å². The number of benzene rings is 3. The van der Waals surface area contributed by atoms with Crippen molar-refractivity contribution in [2.45, 2.75) is 45.6 Å². The summed E-state index contributed by atoms with van der Waals surface area (Å²) in [7, 11) is 1.46. The average Bonchev–Trinajstić information content (AvgIpc) is 2.89. The number of nitrogens with one attached hydrogen (secondary N) is 1. The van der Waals surface area contributed by atoms with Gasteiger partial charge in [0.1, 0.15) is 5.75 Å². The largest absolute Gasteiger partial charge is 0.494 e. The summed E-state index contributed by atoms with van der Waals surface area (Å²) in [5, 5.41) is 4.82. The first-order valence-corrected chi connectivity index (χ1v) is 13.2. The second kappa shape index (κ2) is 11.1. The molecule has 1 unspecified atom stereocenters. The van der Waals surface area contributed by atoms with Crippen LogP contribution in [0.5, 0.6) is 11.5 Å². The van der Waals surface area contributed by atoms with E-state index in [1.807, 2.05) is 12.3 Å². The number of hydrogen-bond donors (Lipinski definition) is 1. The van der Waals surface area contributed by atoms with Crippen LogP contribution in [0.4, 0.5) is 4.39 Å². The molecule has 1 saturated heterocycles. The maximum absolute atomic E-state index is 15.2. The fraction of sp³-hybridized carbons (Fsp3) is 0.323. The second-order valence-corrected chi connectivity index (χ2v) is 10.2. The van der Waals surface area contributed by atoms with Crippen LogP contribution in [0.15, 0.2) is 54.7 Å². The molecule has 1 atom stereocenters. The lowest BCUT2D eigenvalue weighted by atomic mass is 9.97. The molecule has 5 rings (SSSR count). The Morgan fingerprint density at radius 3 is 2.57 bits per heavy atom. The molecule has 0 radical (unpaired) electrons. The van der Waals surface area contributed by atoms with Crippen molar-refractivity contribution in [2.75, 3.05) is 20.3 Å². The number of methoxy groups -OCH3 is 1. The van der Waals surface area contributed by atoms with E-state index in [0.717, 1.165) is 35.2 Å². The van der Waals surface area contributed by atoms with Gasteiger partial charge >= 0.3 is 0 Å². The maximum atomic E-state index is 15.2. The molecule has 0 spiro atoms. The number of nitrogens with zero attached hydrogens (tertiary/aromatic N) is 1. The number of piperidine rings is 1. The summed E-state index contributed by atoms with van der Waals surface area (Å²) < 4.78 is 27.0. The second-order valence-electron chi connectivity index (χ2n) is 9.83. The van der Waals surface area contributed by atoms with Gasteiger partial charge in [-0.3, -0.25) is 4.98 Å². The molecule has 1 aliphatic heterocycles. The number of halogens is 2. The Hall–Kier alpha value is -3.15. The Bertz CT molecular complexity index is 1410. The van der Waals surface area contributed by atoms with Gasteiger partial charge in [-0.05, 0) is 63.4 Å². The van der Waals surface area contributed by atoms with Gasteiger partial charge in [0, 0.05) is 34.3 Å². The first kappa shape index (κ1) is 25.5. The van der Waals surface area contributed by atoms with Crippen LogP contribution in [0.1, 0.15) is 36.8 Å². The topological polar surface area (TPSA) is 43.4 Å². The first-order chi connectivity index (χ1) is 17.9. The van der Waals surface area contributed by atoms with E-state index < -0.39 is 5.82 Å². The summed E-state index contributed by atoms with van der Waals surface area (Å²) in [5.74, 6) is 0.467. The molecule has 1 aliphatic rings. The van der Waals surface area contributed by atoms with Gasteiger partial charge in [0.25, 0.3) is 0 Å². The standard InChI is InChI=1S/C31H32ClFN2O2/c1-19-13-20(2)15-21(14-19)26-18-35-28-17-27(32)24(23-8-6-9-29(36-3)30(23)33)16-25(28)31(26)37-12-10-22-7-4-5-11-34-22/h6,8-9,13-18,22,34H,4-5,7,10-12H2,1-3H3. The normalized spacial score (nSPS) is 15.6. The molecule has 0 bridgehead atoms. The van der Waals surface area contributed by atoms with E-state index in [1.54, 1.807) is 24.3 Å². The molecule has 1 aromatic heterocycles. The van der Waals surface area contributed by atoms with Gasteiger partial charge in [0.05, 0.1) is 24.3 Å². The number of aromatic nitrogens is 1. The number of hydrogen-bond acceptors (Lipinski definition) is 4. The van der Waals surface area contributed by atoms with Crippen molar-refractivity contribution < 1.29 is 13.9 Å². The minimum absolute atomic E-state index is 0.173. The van der Waals surface area contributed by atoms with Crippen molar-refractivity contribution in [1.82, 2.24) is 10.3 Å². The van der Waals surface area contributed by atoms with E-state index in [1.165, 1.54) is 37.5 Å². The summed E-state index contributed by atoms with van der Waals surface area (Å²) in [6.07, 6.45) is 6.42. The van der Waals surface area contributed by atoms with Gasteiger partial charge < -0.3 is 14.8 Å². The summed E-state index contributed by atoms with van der Waals surface area (Å²) in [6.45, 7) is 5.80. The highest BCUT2D eigenvalue weighted by molar-refractivity contribution is 6.34. The van der Waals surface area contributed by atoms with Crippen LogP contribution in [0.25, 0.3) is 33.2 Å². The van der Waals surface area contributed by atoms with Crippen LogP contribution >= 0.6 is 11.6 Å². The van der Waals surface area contributed by atoms with Crippen molar-refractivity contribution in [3.8, 4) is 33.8 Å². The van der Waals surface area contributed by atoms with Gasteiger partial charge in [0.2, 0.25) is 0 Å². The van der Waals surface area contributed by atoms with Gasteiger partial charge in [-0.2, -0.15) is 0 Å². The molecule has 0 aliphatic carbocycles. The third kappa shape index (κ3) is 5.43. The van der Waals surface area contributed by atoms with Crippen molar-refractivity contribution in [1.29, 1.82) is 0 Å². The van der Waals surface area contributed by atoms with Gasteiger partial charge in [-0.25, -0.2) is 4.39 Å². The summed E-state index contributed by atoms with van der Waals surface area (Å²) in [4.78, 5) is 4.73. The number of rotatable bonds is 7. The van der Waals surface area contributed by atoms with Crippen LogP contribution in [0.2, 0.25) is 5.02 Å². The Labute approximate surface area is 222 Å². The zero-order valence-corrected chi connectivity index (χ0v) is 22.3. The molecule has 4 aromatic rings. The molecule has 4 nitrogen and oxygen atoms in total. The maximum Gasteiger partial charge on any atom is 0.172 e. The highest BCUT2D eigenvalue weighted by Crippen LogP contribution is 2.42. The molecule has 0 amide bonds. The van der Waals surface area contributed by atoms with Crippen LogP contribution in [0, 0.1) is 19.7 Å². The Morgan fingerprint density at radius 2 is 1.84 bits per heavy atom. The minimum atomic E-state index is -0.449. The molecule has 192 valence electrons. The predicted molar refractivity (Wildman–Crippen MR) is 149 cm³/mol. The van der Waals surface area contributed by atoms with Crippen molar-refractivity contribution >= 4 is 22.5 Å². The predicted octanol–water partition coefficient (Wildman–Crippen LogP) is 7.90. The fourth-order valence-corrected chi connectivity index (χ4v) is 5.50. The lowest BCUT2D eigenvalue weighted by Gasteiger charge is -2.24. The quantitative estimate of drug-likeness (QED) is 0.270. The molecule has 37 heavy (non-hydrogen) atoms. The molecular weight excluding hydrogens is 487 g/mol. The SMILES string of the molecule is COc1cccc(-c2cc3c(OCCC4CCCCN4)c(-c4cc(C)cc(C)c4)cnc3cc2Cl)c1F. The van der Waals surface area contributed by atoms with Crippen LogP contribution in [0.3, 0.4) is 0 Å². The van der Waals surface area contributed by atoms with E-state index in [4.69, 9.17) is 26.1 Å². The summed E-state index contributed by atoms with van der Waals surface area (Å²) in [6, 6.07) is 15.6. The number of aryl methyl sites for hydroxylation is 2. The van der Waals surface area contributed by atoms with E-state index in [2.05, 4.69) is 37.4 Å². The third-order valence-corrected chi connectivity index (χ3v) is 7.35. The monoisotopic (exact) mass is 518 g/mol. The van der Waals surface area contributed by atoms with Gasteiger partial charge in [-0.15, -0.1) is 0 Å². The zero-order valence-electron chi connectivity index (χ0n) is 21.5. The number of fused-ring (bicyclic) bond motifs is 1. The van der Waals surface area contributed by atoms with E-state index in [0.29, 0.717) is 34.3 Å². The lowest BCUT2D eigenvalue weighted by Crippen LogP contribution is -2.35. The fourth-order valence-electron chi connectivity index (χ4n) is 5.24.